The lowest BCUT2D eigenvalue weighted by molar-refractivity contribution is -0.140. The second kappa shape index (κ2) is 5.38. The van der Waals surface area contributed by atoms with Gasteiger partial charge < -0.3 is 5.11 Å². The highest BCUT2D eigenvalue weighted by atomic mass is 79.9. The molecular weight excluding hydrogens is 385 g/mol. The molecule has 0 bridgehead atoms. The van der Waals surface area contributed by atoms with Crippen molar-refractivity contribution in [3.05, 3.63) is 22.3 Å². The predicted molar refractivity (Wildman–Crippen MR) is 82.6 cm³/mol. The van der Waals surface area contributed by atoms with Crippen LogP contribution in [0.3, 0.4) is 0 Å². The van der Waals surface area contributed by atoms with Gasteiger partial charge >= 0.3 is 12.3 Å². The van der Waals surface area contributed by atoms with Crippen LogP contribution in [0, 0.1) is 0 Å². The molecule has 9 heteroatoms. The van der Waals surface area contributed by atoms with Gasteiger partial charge in [0.15, 0.2) is 0 Å². The summed E-state index contributed by atoms with van der Waals surface area (Å²) < 4.78 is 38.6. The van der Waals surface area contributed by atoms with Crippen molar-refractivity contribution in [1.82, 2.24) is 4.98 Å². The number of thiophene rings is 1. The van der Waals surface area contributed by atoms with E-state index in [0.717, 1.165) is 22.3 Å². The SMILES string of the molecule is CC(C)(C)N(C(=O)O)c1sc2nc(C(F)(F)F)ccc2c1Br. The number of pyridine rings is 1. The number of hydrogen-bond acceptors (Lipinski definition) is 3. The Balaban J connectivity index is 2.66. The van der Waals surface area contributed by atoms with E-state index in [1.807, 2.05) is 0 Å². The zero-order valence-electron chi connectivity index (χ0n) is 11.8. The van der Waals surface area contributed by atoms with Gasteiger partial charge in [0.25, 0.3) is 0 Å². The number of aromatic nitrogens is 1. The van der Waals surface area contributed by atoms with Gasteiger partial charge in [-0.1, -0.05) is 11.3 Å². The van der Waals surface area contributed by atoms with Crippen LogP contribution in [-0.2, 0) is 6.18 Å². The zero-order chi connectivity index (χ0) is 16.9. The molecule has 2 aromatic rings. The van der Waals surface area contributed by atoms with Crippen molar-refractivity contribution < 1.29 is 23.1 Å². The van der Waals surface area contributed by atoms with Crippen molar-refractivity contribution in [3.63, 3.8) is 0 Å². The molecule has 4 nitrogen and oxygen atoms in total. The number of carbonyl (C=O) groups is 1. The van der Waals surface area contributed by atoms with Crippen molar-refractivity contribution in [3.8, 4) is 0 Å². The van der Waals surface area contributed by atoms with E-state index in [0.29, 0.717) is 14.9 Å². The molecule has 2 heterocycles. The fourth-order valence-electron chi connectivity index (χ4n) is 1.92. The molecular formula is C13H12BrF3N2O2S. The highest BCUT2D eigenvalue weighted by Crippen LogP contribution is 2.44. The van der Waals surface area contributed by atoms with Crippen LogP contribution in [-0.4, -0.2) is 21.7 Å². The van der Waals surface area contributed by atoms with Crippen LogP contribution >= 0.6 is 27.3 Å². The van der Waals surface area contributed by atoms with Crippen LogP contribution in [0.25, 0.3) is 10.2 Å². The maximum Gasteiger partial charge on any atom is 0.433 e. The number of carboxylic acid groups (broad SMARTS) is 1. The molecule has 1 N–H and O–H groups in total. The van der Waals surface area contributed by atoms with Gasteiger partial charge in [0, 0.05) is 10.9 Å². The Bertz CT molecular complexity index is 737. The van der Waals surface area contributed by atoms with E-state index < -0.39 is 23.5 Å². The third-order valence-electron chi connectivity index (χ3n) is 2.83. The summed E-state index contributed by atoms with van der Waals surface area (Å²) in [5.41, 5.74) is -1.75. The molecule has 0 aromatic carbocycles. The van der Waals surface area contributed by atoms with Gasteiger partial charge in [-0.2, -0.15) is 13.2 Å². The largest absolute Gasteiger partial charge is 0.465 e. The number of alkyl halides is 3. The minimum absolute atomic E-state index is 0.132. The molecule has 0 radical (unpaired) electrons. The molecule has 120 valence electrons. The molecule has 0 fully saturated rings. The number of amides is 1. The maximum absolute atomic E-state index is 12.7. The van der Waals surface area contributed by atoms with Crippen LogP contribution in [0.5, 0.6) is 0 Å². The average molecular weight is 397 g/mol. The Morgan fingerprint density at radius 2 is 1.91 bits per heavy atom. The summed E-state index contributed by atoms with van der Waals surface area (Å²) in [5.74, 6) is 0. The van der Waals surface area contributed by atoms with Crippen LogP contribution in [0.2, 0.25) is 0 Å². The molecule has 0 spiro atoms. The number of hydrogen-bond donors (Lipinski definition) is 1. The molecule has 0 unspecified atom stereocenters. The van der Waals surface area contributed by atoms with E-state index in [-0.39, 0.29) is 4.83 Å². The fourth-order valence-corrected chi connectivity index (χ4v) is 4.04. The molecule has 0 saturated heterocycles. The quantitative estimate of drug-likeness (QED) is 0.705. The second-order valence-electron chi connectivity index (χ2n) is 5.56. The zero-order valence-corrected chi connectivity index (χ0v) is 14.2. The van der Waals surface area contributed by atoms with Crippen LogP contribution in [0.1, 0.15) is 26.5 Å². The van der Waals surface area contributed by atoms with Crippen molar-refractivity contribution in [2.75, 3.05) is 4.90 Å². The number of fused-ring (bicyclic) bond motifs is 1. The highest BCUT2D eigenvalue weighted by Gasteiger charge is 2.35. The average Bonchev–Trinajstić information content (AvgIpc) is 2.63. The Labute approximate surface area is 136 Å². The lowest BCUT2D eigenvalue weighted by atomic mass is 10.1. The minimum atomic E-state index is -4.54. The number of nitrogens with zero attached hydrogens (tertiary/aromatic N) is 2. The molecule has 0 aliphatic heterocycles. The Kier molecular flexibility index (Phi) is 4.16. The molecule has 0 aliphatic carbocycles. The first-order chi connectivity index (χ1) is 9.93. The topological polar surface area (TPSA) is 53.4 Å². The molecule has 0 aliphatic rings. The molecule has 2 rings (SSSR count). The third kappa shape index (κ3) is 3.05. The van der Waals surface area contributed by atoms with Crippen LogP contribution in [0.15, 0.2) is 16.6 Å². The predicted octanol–water partition coefficient (Wildman–Crippen LogP) is 5.36. The smallest absolute Gasteiger partial charge is 0.433 e. The Morgan fingerprint density at radius 1 is 1.32 bits per heavy atom. The van der Waals surface area contributed by atoms with E-state index in [1.165, 1.54) is 6.07 Å². The summed E-state index contributed by atoms with van der Waals surface area (Å²) >= 11 is 4.18. The van der Waals surface area contributed by atoms with Gasteiger partial charge in [-0.05, 0) is 48.8 Å². The summed E-state index contributed by atoms with van der Waals surface area (Å²) in [5, 5.41) is 10.2. The highest BCUT2D eigenvalue weighted by molar-refractivity contribution is 9.10. The second-order valence-corrected chi connectivity index (χ2v) is 7.33. The van der Waals surface area contributed by atoms with Crippen LogP contribution < -0.4 is 4.90 Å². The van der Waals surface area contributed by atoms with Crippen molar-refractivity contribution >= 4 is 48.6 Å². The summed E-state index contributed by atoms with van der Waals surface area (Å²) in [6.07, 6.45) is -5.72. The van der Waals surface area contributed by atoms with Gasteiger partial charge in [0.05, 0.1) is 4.47 Å². The third-order valence-corrected chi connectivity index (χ3v) is 4.98. The monoisotopic (exact) mass is 396 g/mol. The number of anilines is 1. The lowest BCUT2D eigenvalue weighted by Gasteiger charge is -2.32. The van der Waals surface area contributed by atoms with Gasteiger partial charge in [-0.25, -0.2) is 9.78 Å². The summed E-state index contributed by atoms with van der Waals surface area (Å²) in [4.78, 5) is 16.3. The molecule has 2 aromatic heterocycles. The van der Waals surface area contributed by atoms with E-state index >= 15 is 0 Å². The Hall–Kier alpha value is -1.35. The number of rotatable bonds is 1. The van der Waals surface area contributed by atoms with Gasteiger partial charge in [-0.3, -0.25) is 4.90 Å². The van der Waals surface area contributed by atoms with Gasteiger partial charge in [-0.15, -0.1) is 0 Å². The molecule has 0 saturated carbocycles. The van der Waals surface area contributed by atoms with E-state index in [1.54, 1.807) is 20.8 Å². The molecule has 1 amide bonds. The van der Waals surface area contributed by atoms with Crippen LogP contribution in [0.4, 0.5) is 23.0 Å². The van der Waals surface area contributed by atoms with Gasteiger partial charge in [0.2, 0.25) is 0 Å². The minimum Gasteiger partial charge on any atom is -0.465 e. The number of halogens is 4. The van der Waals surface area contributed by atoms with Crippen molar-refractivity contribution in [2.45, 2.75) is 32.5 Å². The van der Waals surface area contributed by atoms with Crippen molar-refractivity contribution in [2.24, 2.45) is 0 Å². The standard InChI is InChI=1S/C13H12BrF3N2O2S/c1-12(2,3)19(11(20)21)10-8(14)6-4-5-7(13(15,16)17)18-9(6)22-10/h4-5H,1-3H3,(H,20,21). The first-order valence-electron chi connectivity index (χ1n) is 6.12. The van der Waals surface area contributed by atoms with Crippen molar-refractivity contribution in [1.29, 1.82) is 0 Å². The van der Waals surface area contributed by atoms with E-state index in [9.17, 15) is 23.1 Å². The lowest BCUT2D eigenvalue weighted by Crippen LogP contribution is -2.44. The molecule has 22 heavy (non-hydrogen) atoms. The Morgan fingerprint density at radius 3 is 2.36 bits per heavy atom. The van der Waals surface area contributed by atoms with E-state index in [2.05, 4.69) is 20.9 Å². The first-order valence-corrected chi connectivity index (χ1v) is 7.73. The summed E-state index contributed by atoms with van der Waals surface area (Å²) in [6.45, 7) is 5.10. The molecule has 0 atom stereocenters. The summed E-state index contributed by atoms with van der Waals surface area (Å²) in [6, 6.07) is 2.17. The maximum atomic E-state index is 12.7. The van der Waals surface area contributed by atoms with E-state index in [4.69, 9.17) is 0 Å². The fraction of sp³-hybridized carbons (Fsp3) is 0.385. The van der Waals surface area contributed by atoms with Gasteiger partial charge in [0.1, 0.15) is 15.5 Å². The normalized spacial score (nSPS) is 12.7. The first kappa shape index (κ1) is 17.0. The summed E-state index contributed by atoms with van der Waals surface area (Å²) in [7, 11) is 0.